The average molecular weight is 680 g/mol. The highest BCUT2D eigenvalue weighted by molar-refractivity contribution is 7.23. The van der Waals surface area contributed by atoms with Crippen molar-refractivity contribution in [2.24, 2.45) is 5.92 Å². The smallest absolute Gasteiger partial charge is 0.319 e. The maximum Gasteiger partial charge on any atom is 0.319 e. The molecule has 2 unspecified atom stereocenters. The number of nitrogen functional groups attached to an aromatic ring is 1. The molecule has 3 saturated heterocycles. The maximum absolute atomic E-state index is 17.2. The van der Waals surface area contributed by atoms with E-state index in [1.807, 2.05) is 11.0 Å². The van der Waals surface area contributed by atoms with Crippen molar-refractivity contribution in [2.75, 3.05) is 43.5 Å². The van der Waals surface area contributed by atoms with Crippen molar-refractivity contribution < 1.29 is 22.6 Å². The van der Waals surface area contributed by atoms with Gasteiger partial charge in [-0.25, -0.2) is 13.2 Å². The first-order valence-corrected chi connectivity index (χ1v) is 16.9. The van der Waals surface area contributed by atoms with Crippen molar-refractivity contribution in [1.29, 1.82) is 10.5 Å². The second kappa shape index (κ2) is 11.3. The first-order chi connectivity index (χ1) is 22.7. The van der Waals surface area contributed by atoms with Gasteiger partial charge in [0.2, 0.25) is 0 Å². The van der Waals surface area contributed by atoms with Gasteiger partial charge in [0, 0.05) is 42.9 Å². The van der Waals surface area contributed by atoms with E-state index in [0.717, 1.165) is 30.7 Å². The van der Waals surface area contributed by atoms with Crippen molar-refractivity contribution in [3.63, 3.8) is 0 Å². The summed E-state index contributed by atoms with van der Waals surface area (Å²) >= 11 is 7.93. The first kappa shape index (κ1) is 30.3. The number of alkyl halides is 1. The summed E-state index contributed by atoms with van der Waals surface area (Å²) in [7, 11) is 0. The van der Waals surface area contributed by atoms with Crippen LogP contribution in [0.2, 0.25) is 5.02 Å². The van der Waals surface area contributed by atoms with Gasteiger partial charge < -0.3 is 20.1 Å². The largest absolute Gasteiger partial charge is 0.491 e. The van der Waals surface area contributed by atoms with Crippen LogP contribution in [0.5, 0.6) is 11.8 Å². The van der Waals surface area contributed by atoms with E-state index in [2.05, 4.69) is 16.0 Å². The molecule has 0 radical (unpaired) electrons. The van der Waals surface area contributed by atoms with Crippen LogP contribution in [0.4, 0.5) is 24.0 Å². The summed E-state index contributed by atoms with van der Waals surface area (Å²) < 4.78 is 59.3. The van der Waals surface area contributed by atoms with Crippen LogP contribution >= 0.6 is 22.9 Å². The van der Waals surface area contributed by atoms with E-state index < -0.39 is 23.3 Å². The molecule has 9 nitrogen and oxygen atoms in total. The highest BCUT2D eigenvalue weighted by atomic mass is 35.5. The number of halogens is 4. The fourth-order valence-corrected chi connectivity index (χ4v) is 9.31. The highest BCUT2D eigenvalue weighted by Gasteiger charge is 2.49. The average Bonchev–Trinajstić information content (AvgIpc) is 3.70. The van der Waals surface area contributed by atoms with Gasteiger partial charge in [0.25, 0.3) is 0 Å². The topological polar surface area (TPSA) is 124 Å². The lowest BCUT2D eigenvalue weighted by Gasteiger charge is -2.40. The minimum Gasteiger partial charge on any atom is -0.491 e. The van der Waals surface area contributed by atoms with Crippen LogP contribution in [-0.2, 0) is 0 Å². The zero-order valence-corrected chi connectivity index (χ0v) is 26.7. The molecule has 4 aliphatic heterocycles. The van der Waals surface area contributed by atoms with Crippen LogP contribution in [0.3, 0.4) is 0 Å². The quantitative estimate of drug-likeness (QED) is 0.250. The lowest BCUT2D eigenvalue weighted by atomic mass is 9.91. The Hall–Kier alpha value is -4.04. The molecule has 2 N–H and O–H groups in total. The third-order valence-corrected chi connectivity index (χ3v) is 11.6. The maximum atomic E-state index is 17.2. The van der Waals surface area contributed by atoms with Gasteiger partial charge in [-0.1, -0.05) is 17.7 Å². The van der Waals surface area contributed by atoms with E-state index in [1.54, 1.807) is 0 Å². The molecule has 0 saturated carbocycles. The Labute approximate surface area is 277 Å². The molecule has 0 amide bonds. The number of aromatic nitrogens is 2. The molecule has 6 heterocycles. The van der Waals surface area contributed by atoms with E-state index >= 15 is 4.39 Å². The minimum absolute atomic E-state index is 0.0212. The fraction of sp³-hybridized carbons (Fsp3) is 0.455. The Kier molecular flexibility index (Phi) is 7.28. The first-order valence-electron chi connectivity index (χ1n) is 15.7. The van der Waals surface area contributed by atoms with Gasteiger partial charge in [-0.15, -0.1) is 11.3 Å². The number of thiophene rings is 1. The van der Waals surface area contributed by atoms with Crippen molar-refractivity contribution in [2.45, 2.75) is 56.3 Å². The monoisotopic (exact) mass is 679 g/mol. The van der Waals surface area contributed by atoms with Gasteiger partial charge in [-0.05, 0) is 43.9 Å². The lowest BCUT2D eigenvalue weighted by Crippen LogP contribution is -2.45. The van der Waals surface area contributed by atoms with E-state index in [1.165, 1.54) is 12.1 Å². The van der Waals surface area contributed by atoms with Gasteiger partial charge >= 0.3 is 6.01 Å². The molecule has 0 spiro atoms. The Morgan fingerprint density at radius 3 is 2.83 bits per heavy atom. The number of hydrogen-bond donors (Lipinski definition) is 1. The summed E-state index contributed by atoms with van der Waals surface area (Å²) in [4.78, 5) is 13.5. The molecule has 8 rings (SSSR count). The number of nitrogens with zero attached hydrogens (tertiary/aromatic N) is 6. The SMILES string of the molecule is N#Cc1c(N)sc2c(F)ccc(-c3c(Cl)c4c5c(nc(OC[C@@]67CCCN6C[C@H](F)C7)nc5c3F)N3CC(C#N)CCC3CCO4)c12. The number of nitrogens with two attached hydrogens (primary N) is 1. The minimum atomic E-state index is -0.958. The third-order valence-electron chi connectivity index (χ3n) is 10.2. The van der Waals surface area contributed by atoms with Crippen LogP contribution in [0.25, 0.3) is 32.1 Å². The second-order valence-electron chi connectivity index (χ2n) is 12.8. The van der Waals surface area contributed by atoms with Crippen molar-refractivity contribution >= 4 is 54.7 Å². The van der Waals surface area contributed by atoms with E-state index in [0.29, 0.717) is 44.6 Å². The van der Waals surface area contributed by atoms with Crippen molar-refractivity contribution in [1.82, 2.24) is 14.9 Å². The molecule has 14 heteroatoms. The predicted molar refractivity (Wildman–Crippen MR) is 173 cm³/mol. The van der Waals surface area contributed by atoms with Crippen LogP contribution < -0.4 is 20.1 Å². The van der Waals surface area contributed by atoms with Gasteiger partial charge in [0.05, 0.1) is 44.8 Å². The second-order valence-corrected chi connectivity index (χ2v) is 14.3. The number of piperidine rings is 1. The van der Waals surface area contributed by atoms with Crippen LogP contribution in [0, 0.1) is 40.2 Å². The number of fused-ring (bicyclic) bond motifs is 4. The molecular formula is C33H29ClF3N7O2S. The number of anilines is 2. The third kappa shape index (κ3) is 4.66. The van der Waals surface area contributed by atoms with Gasteiger partial charge in [-0.3, -0.25) is 4.90 Å². The summed E-state index contributed by atoms with van der Waals surface area (Å²) in [5.74, 6) is -1.21. The highest BCUT2D eigenvalue weighted by Crippen LogP contribution is 2.51. The molecule has 3 fully saturated rings. The zero-order chi connectivity index (χ0) is 32.6. The summed E-state index contributed by atoms with van der Waals surface area (Å²) in [5, 5.41) is 20.2. The fourth-order valence-electron chi connectivity index (χ4n) is 8.02. The summed E-state index contributed by atoms with van der Waals surface area (Å²) in [5.41, 5.74) is 5.54. The predicted octanol–water partition coefficient (Wildman–Crippen LogP) is 6.74. The number of ether oxygens (including phenoxy) is 2. The van der Waals surface area contributed by atoms with E-state index in [9.17, 15) is 19.3 Å². The number of rotatable bonds is 4. The molecule has 0 aliphatic carbocycles. The molecule has 242 valence electrons. The molecule has 2 aromatic carbocycles. The Bertz CT molecular complexity index is 2050. The van der Waals surface area contributed by atoms with Crippen LogP contribution in [0.1, 0.15) is 44.1 Å². The number of nitriles is 2. The van der Waals surface area contributed by atoms with E-state index in [4.69, 9.17) is 31.8 Å². The van der Waals surface area contributed by atoms with E-state index in [-0.39, 0.29) is 84.6 Å². The Balaban J connectivity index is 1.36. The normalized spacial score (nSPS) is 25.5. The Morgan fingerprint density at radius 1 is 1.17 bits per heavy atom. The van der Waals surface area contributed by atoms with Gasteiger partial charge in [0.15, 0.2) is 11.6 Å². The molecule has 2 aromatic heterocycles. The summed E-state index contributed by atoms with van der Waals surface area (Å²) in [6.45, 7) is 1.88. The van der Waals surface area contributed by atoms with Crippen LogP contribution in [0.15, 0.2) is 12.1 Å². The zero-order valence-electron chi connectivity index (χ0n) is 25.2. The molecule has 0 bridgehead atoms. The van der Waals surface area contributed by atoms with Crippen molar-refractivity contribution in [3.8, 4) is 35.0 Å². The summed E-state index contributed by atoms with van der Waals surface area (Å²) in [6.07, 6.45) is 3.09. The molecule has 4 aliphatic rings. The number of hydrogen-bond acceptors (Lipinski definition) is 10. The standard InChI is InChI=1S/C33H29ClF3N7O2S/c34-25-23(19-4-5-21(36)29-22(19)20(12-39)30(40)47-29)26(37)27-24-28(25)45-9-6-18-3-2-16(11-38)13-44(18)31(24)42-32(41-27)46-15-33-7-1-8-43(33)14-17(35)10-33/h4-5,16-18H,1-3,6-10,13-15,40H2/t16?,17-,18?,33+/m1/s1. The molecular weight excluding hydrogens is 651 g/mol. The van der Waals surface area contributed by atoms with Gasteiger partial charge in [-0.2, -0.15) is 20.5 Å². The molecule has 4 atom stereocenters. The lowest BCUT2D eigenvalue weighted by molar-refractivity contribution is 0.107. The van der Waals surface area contributed by atoms with Crippen molar-refractivity contribution in [3.05, 3.63) is 34.4 Å². The molecule has 47 heavy (non-hydrogen) atoms. The van der Waals surface area contributed by atoms with Crippen LogP contribution in [-0.4, -0.2) is 65.5 Å². The van der Waals surface area contributed by atoms with Gasteiger partial charge in [0.1, 0.15) is 41.0 Å². The summed E-state index contributed by atoms with van der Waals surface area (Å²) in [6, 6.07) is 6.83. The molecule has 4 aromatic rings. The number of benzene rings is 2. The Morgan fingerprint density at radius 2 is 2.02 bits per heavy atom.